The third-order valence-corrected chi connectivity index (χ3v) is 3.29. The monoisotopic (exact) mass is 251 g/mol. The van der Waals surface area contributed by atoms with Gasteiger partial charge in [0.2, 0.25) is 0 Å². The Morgan fingerprint density at radius 2 is 2.05 bits per heavy atom. The molecule has 94 valence electrons. The van der Waals surface area contributed by atoms with E-state index in [1.165, 1.54) is 0 Å². The predicted molar refractivity (Wildman–Crippen MR) is 74.1 cm³/mol. The Kier molecular flexibility index (Phi) is 2.63. The van der Waals surface area contributed by atoms with Crippen LogP contribution in [0.5, 0.6) is 0 Å². The van der Waals surface area contributed by atoms with E-state index in [1.54, 1.807) is 12.3 Å². The smallest absolute Gasteiger partial charge is 0.168 e. The highest BCUT2D eigenvalue weighted by molar-refractivity contribution is 5.84. The number of fused-ring (bicyclic) bond motifs is 1. The largest absolute Gasteiger partial charge is 0.334 e. The van der Waals surface area contributed by atoms with Crippen molar-refractivity contribution in [2.45, 2.75) is 6.92 Å². The van der Waals surface area contributed by atoms with Gasteiger partial charge in [-0.15, -0.1) is 0 Å². The van der Waals surface area contributed by atoms with Crippen molar-refractivity contribution in [3.63, 3.8) is 0 Å². The van der Waals surface area contributed by atoms with E-state index in [0.29, 0.717) is 5.69 Å². The first-order valence-electron chi connectivity index (χ1n) is 6.02. The van der Waals surface area contributed by atoms with Crippen LogP contribution in [-0.2, 0) is 7.05 Å². The molecule has 1 aromatic carbocycles. The van der Waals surface area contributed by atoms with Crippen LogP contribution in [0, 0.1) is 6.92 Å². The normalized spacial score (nSPS) is 10.8. The molecule has 2 aromatic heterocycles. The van der Waals surface area contributed by atoms with E-state index < -0.39 is 0 Å². The molecule has 19 heavy (non-hydrogen) atoms. The summed E-state index contributed by atoms with van der Waals surface area (Å²) >= 11 is 0. The van der Waals surface area contributed by atoms with E-state index in [1.807, 2.05) is 24.0 Å². The first-order valence-corrected chi connectivity index (χ1v) is 6.02. The molecular formula is C15H13N3O. The molecule has 0 amide bonds. The maximum Gasteiger partial charge on any atom is 0.168 e. The van der Waals surface area contributed by atoms with Crippen molar-refractivity contribution in [3.8, 4) is 11.1 Å². The van der Waals surface area contributed by atoms with Gasteiger partial charge < -0.3 is 4.57 Å². The van der Waals surface area contributed by atoms with Gasteiger partial charge in [0.05, 0.1) is 17.4 Å². The number of carbonyl (C=O) groups is 1. The fourth-order valence-corrected chi connectivity index (χ4v) is 2.22. The zero-order valence-electron chi connectivity index (χ0n) is 10.8. The third kappa shape index (κ3) is 1.91. The van der Waals surface area contributed by atoms with E-state index >= 15 is 0 Å². The highest BCUT2D eigenvalue weighted by atomic mass is 16.1. The fourth-order valence-electron chi connectivity index (χ4n) is 2.22. The number of carbonyl (C=O) groups excluding carboxylic acids is 1. The zero-order chi connectivity index (χ0) is 13.4. The van der Waals surface area contributed by atoms with Gasteiger partial charge in [-0.1, -0.05) is 6.07 Å². The summed E-state index contributed by atoms with van der Waals surface area (Å²) in [4.78, 5) is 19.1. The fraction of sp³-hybridized carbons (Fsp3) is 0.133. The minimum absolute atomic E-state index is 0.447. The molecule has 0 aliphatic rings. The Hall–Kier alpha value is -2.49. The summed E-state index contributed by atoms with van der Waals surface area (Å²) in [7, 11) is 1.97. The SMILES string of the molecule is Cc1cc2ncn(C)c2cc1-c1ccc(C=O)nc1. The van der Waals surface area contributed by atoms with Gasteiger partial charge in [-0.05, 0) is 36.2 Å². The molecule has 0 spiro atoms. The number of hydrogen-bond acceptors (Lipinski definition) is 3. The van der Waals surface area contributed by atoms with Gasteiger partial charge in [0.15, 0.2) is 6.29 Å². The first kappa shape index (κ1) is 11.6. The molecule has 3 aromatic rings. The molecule has 0 radical (unpaired) electrons. The molecule has 0 unspecified atom stereocenters. The number of aldehydes is 1. The second-order valence-electron chi connectivity index (χ2n) is 4.60. The molecule has 0 saturated carbocycles. The van der Waals surface area contributed by atoms with Crippen molar-refractivity contribution < 1.29 is 4.79 Å². The Morgan fingerprint density at radius 3 is 2.74 bits per heavy atom. The lowest BCUT2D eigenvalue weighted by atomic mass is 10.0. The van der Waals surface area contributed by atoms with E-state index in [2.05, 4.69) is 29.0 Å². The van der Waals surface area contributed by atoms with Crippen LogP contribution in [0.2, 0.25) is 0 Å². The van der Waals surface area contributed by atoms with Crippen LogP contribution in [0.1, 0.15) is 16.1 Å². The summed E-state index contributed by atoms with van der Waals surface area (Å²) in [5.41, 5.74) is 5.78. The van der Waals surface area contributed by atoms with Crippen LogP contribution < -0.4 is 0 Å². The molecule has 0 fully saturated rings. The first-order chi connectivity index (χ1) is 9.19. The lowest BCUT2D eigenvalue weighted by Crippen LogP contribution is -1.90. The Bertz CT molecular complexity index is 757. The average molecular weight is 251 g/mol. The van der Waals surface area contributed by atoms with Gasteiger partial charge in [0.25, 0.3) is 0 Å². The van der Waals surface area contributed by atoms with Crippen molar-refractivity contribution in [2.75, 3.05) is 0 Å². The number of imidazole rings is 1. The zero-order valence-corrected chi connectivity index (χ0v) is 10.8. The van der Waals surface area contributed by atoms with E-state index in [-0.39, 0.29) is 0 Å². The van der Waals surface area contributed by atoms with Crippen LogP contribution >= 0.6 is 0 Å². The summed E-state index contributed by atoms with van der Waals surface area (Å²) in [6, 6.07) is 7.82. The Morgan fingerprint density at radius 1 is 1.21 bits per heavy atom. The van der Waals surface area contributed by atoms with E-state index in [4.69, 9.17) is 0 Å². The summed E-state index contributed by atoms with van der Waals surface area (Å²) in [6.07, 6.45) is 4.29. The molecule has 2 heterocycles. The molecule has 0 N–H and O–H groups in total. The topological polar surface area (TPSA) is 47.8 Å². The molecule has 0 saturated heterocycles. The van der Waals surface area contributed by atoms with Crippen LogP contribution in [0.25, 0.3) is 22.2 Å². The van der Waals surface area contributed by atoms with E-state index in [9.17, 15) is 4.79 Å². The van der Waals surface area contributed by atoms with Crippen LogP contribution in [-0.4, -0.2) is 20.8 Å². The number of rotatable bonds is 2. The Labute approximate surface area is 110 Å². The van der Waals surface area contributed by atoms with E-state index in [0.717, 1.165) is 34.0 Å². The molecule has 0 atom stereocenters. The summed E-state index contributed by atoms with van der Waals surface area (Å²) in [5.74, 6) is 0. The maximum absolute atomic E-state index is 10.6. The standard InChI is InChI=1S/C15H13N3O/c1-10-5-14-15(18(2)9-17-14)6-13(10)11-3-4-12(8-19)16-7-11/h3-9H,1-2H3. The number of pyridine rings is 1. The van der Waals surface area contributed by atoms with Gasteiger partial charge >= 0.3 is 0 Å². The second kappa shape index (κ2) is 4.31. The lowest BCUT2D eigenvalue weighted by molar-refractivity contribution is 0.111. The van der Waals surface area contributed by atoms with Crippen LogP contribution in [0.15, 0.2) is 36.8 Å². The van der Waals surface area contributed by atoms with Gasteiger partial charge in [0.1, 0.15) is 5.69 Å². The molecule has 3 rings (SSSR count). The van der Waals surface area contributed by atoms with Gasteiger partial charge in [-0.2, -0.15) is 0 Å². The third-order valence-electron chi connectivity index (χ3n) is 3.29. The minimum atomic E-state index is 0.447. The second-order valence-corrected chi connectivity index (χ2v) is 4.60. The number of nitrogens with zero attached hydrogens (tertiary/aromatic N) is 3. The molecule has 0 aliphatic heterocycles. The van der Waals surface area contributed by atoms with Gasteiger partial charge in [0, 0.05) is 18.8 Å². The predicted octanol–water partition coefficient (Wildman–Crippen LogP) is 2.76. The highest BCUT2D eigenvalue weighted by Gasteiger charge is 2.07. The minimum Gasteiger partial charge on any atom is -0.334 e. The molecule has 0 bridgehead atoms. The summed E-state index contributed by atoms with van der Waals surface area (Å²) < 4.78 is 1.99. The molecule has 4 nitrogen and oxygen atoms in total. The number of hydrogen-bond donors (Lipinski definition) is 0. The van der Waals surface area contributed by atoms with Crippen molar-refractivity contribution in [1.82, 2.24) is 14.5 Å². The van der Waals surface area contributed by atoms with Crippen molar-refractivity contribution in [3.05, 3.63) is 48.0 Å². The van der Waals surface area contributed by atoms with Gasteiger partial charge in [-0.3, -0.25) is 9.78 Å². The summed E-state index contributed by atoms with van der Waals surface area (Å²) in [6.45, 7) is 2.05. The Balaban J connectivity index is 2.19. The molecule has 4 heteroatoms. The summed E-state index contributed by atoms with van der Waals surface area (Å²) in [5, 5.41) is 0. The number of aryl methyl sites for hydroxylation is 2. The molecular weight excluding hydrogens is 238 g/mol. The highest BCUT2D eigenvalue weighted by Crippen LogP contribution is 2.27. The number of benzene rings is 1. The van der Waals surface area contributed by atoms with Crippen molar-refractivity contribution >= 4 is 17.3 Å². The lowest BCUT2D eigenvalue weighted by Gasteiger charge is -2.07. The van der Waals surface area contributed by atoms with Crippen molar-refractivity contribution in [1.29, 1.82) is 0 Å². The average Bonchev–Trinajstić information content (AvgIpc) is 2.79. The van der Waals surface area contributed by atoms with Crippen LogP contribution in [0.4, 0.5) is 0 Å². The van der Waals surface area contributed by atoms with Gasteiger partial charge in [-0.25, -0.2) is 4.98 Å². The molecule has 0 aliphatic carbocycles. The number of aromatic nitrogens is 3. The van der Waals surface area contributed by atoms with Crippen molar-refractivity contribution in [2.24, 2.45) is 7.05 Å². The maximum atomic E-state index is 10.6. The quantitative estimate of drug-likeness (QED) is 0.658. The van der Waals surface area contributed by atoms with Crippen LogP contribution in [0.3, 0.4) is 0 Å².